The van der Waals surface area contributed by atoms with Gasteiger partial charge < -0.3 is 4.90 Å². The van der Waals surface area contributed by atoms with Crippen molar-refractivity contribution in [2.24, 2.45) is 5.92 Å². The van der Waals surface area contributed by atoms with E-state index < -0.39 is 5.82 Å². The SMILES string of the molecule is CN(CC1CC(Cl)C1)C(=O)c1ccc(Cl)cc1F. The zero-order valence-corrected chi connectivity index (χ0v) is 11.5. The molecular formula is C13H14Cl2FNO. The van der Waals surface area contributed by atoms with Crippen molar-refractivity contribution in [2.75, 3.05) is 13.6 Å². The van der Waals surface area contributed by atoms with Crippen LogP contribution in [0.25, 0.3) is 0 Å². The van der Waals surface area contributed by atoms with Crippen molar-refractivity contribution >= 4 is 29.1 Å². The van der Waals surface area contributed by atoms with Crippen LogP contribution in [0.4, 0.5) is 4.39 Å². The third-order valence-electron chi connectivity index (χ3n) is 3.22. The number of carbonyl (C=O) groups excluding carboxylic acids is 1. The lowest BCUT2D eigenvalue weighted by Crippen LogP contribution is -2.38. The van der Waals surface area contributed by atoms with Gasteiger partial charge in [0.05, 0.1) is 5.56 Å². The van der Waals surface area contributed by atoms with Gasteiger partial charge in [-0.25, -0.2) is 4.39 Å². The molecule has 0 N–H and O–H groups in total. The van der Waals surface area contributed by atoms with E-state index >= 15 is 0 Å². The van der Waals surface area contributed by atoms with Gasteiger partial charge in [0.2, 0.25) is 0 Å². The second-order valence-corrected chi connectivity index (χ2v) is 5.80. The van der Waals surface area contributed by atoms with E-state index in [1.807, 2.05) is 0 Å². The van der Waals surface area contributed by atoms with Gasteiger partial charge in [0.25, 0.3) is 5.91 Å². The van der Waals surface area contributed by atoms with Crippen molar-refractivity contribution in [3.63, 3.8) is 0 Å². The maximum absolute atomic E-state index is 13.6. The van der Waals surface area contributed by atoms with Crippen LogP contribution in [0.1, 0.15) is 23.2 Å². The summed E-state index contributed by atoms with van der Waals surface area (Å²) in [6.45, 7) is 0.615. The van der Waals surface area contributed by atoms with Crippen LogP contribution in [0.3, 0.4) is 0 Å². The first-order chi connectivity index (χ1) is 8.47. The maximum Gasteiger partial charge on any atom is 0.256 e. The molecule has 18 heavy (non-hydrogen) atoms. The molecule has 1 aromatic carbocycles. The summed E-state index contributed by atoms with van der Waals surface area (Å²) in [5.41, 5.74) is 0.0589. The fourth-order valence-electron chi connectivity index (χ4n) is 2.14. The molecule has 0 heterocycles. The van der Waals surface area contributed by atoms with Crippen LogP contribution in [0.15, 0.2) is 18.2 Å². The molecule has 0 atom stereocenters. The van der Waals surface area contributed by atoms with E-state index in [9.17, 15) is 9.18 Å². The largest absolute Gasteiger partial charge is 0.341 e. The van der Waals surface area contributed by atoms with Crippen molar-refractivity contribution in [2.45, 2.75) is 18.2 Å². The van der Waals surface area contributed by atoms with E-state index in [0.717, 1.165) is 18.9 Å². The Kier molecular flexibility index (Phi) is 4.13. The number of hydrogen-bond donors (Lipinski definition) is 0. The Labute approximate surface area is 116 Å². The first kappa shape index (κ1) is 13.6. The highest BCUT2D eigenvalue weighted by Crippen LogP contribution is 2.32. The molecule has 1 aromatic rings. The molecule has 0 unspecified atom stereocenters. The number of halogens is 3. The van der Waals surface area contributed by atoms with Gasteiger partial charge in [-0.1, -0.05) is 11.6 Å². The highest BCUT2D eigenvalue weighted by atomic mass is 35.5. The first-order valence-corrected chi connectivity index (χ1v) is 6.63. The molecule has 0 aliphatic heterocycles. The lowest BCUT2D eigenvalue weighted by Gasteiger charge is -2.34. The number of nitrogens with zero attached hydrogens (tertiary/aromatic N) is 1. The van der Waals surface area contributed by atoms with E-state index in [1.54, 1.807) is 11.9 Å². The third kappa shape index (κ3) is 2.96. The summed E-state index contributed by atoms with van der Waals surface area (Å²) in [5, 5.41) is 0.515. The molecule has 98 valence electrons. The summed E-state index contributed by atoms with van der Waals surface area (Å²) in [7, 11) is 1.68. The standard InChI is InChI=1S/C13H14Cl2FNO/c1-17(7-8-4-10(15)5-8)13(18)11-3-2-9(14)6-12(11)16/h2-3,6,8,10H,4-5,7H2,1H3. The lowest BCUT2D eigenvalue weighted by atomic mass is 9.84. The molecule has 2 rings (SSSR count). The number of benzene rings is 1. The number of alkyl halides is 1. The van der Waals surface area contributed by atoms with E-state index in [-0.39, 0.29) is 21.9 Å². The third-order valence-corrected chi connectivity index (χ3v) is 3.81. The Morgan fingerprint density at radius 2 is 2.17 bits per heavy atom. The summed E-state index contributed by atoms with van der Waals surface area (Å²) in [5.74, 6) is -0.470. The molecule has 1 aliphatic carbocycles. The Balaban J connectivity index is 2.01. The van der Waals surface area contributed by atoms with Gasteiger partial charge in [0.1, 0.15) is 5.82 Å². The first-order valence-electron chi connectivity index (χ1n) is 5.82. The quantitative estimate of drug-likeness (QED) is 0.779. The molecule has 0 aromatic heterocycles. The normalized spacial score (nSPS) is 22.4. The number of hydrogen-bond acceptors (Lipinski definition) is 1. The van der Waals surface area contributed by atoms with Gasteiger partial charge in [-0.3, -0.25) is 4.79 Å². The number of carbonyl (C=O) groups is 1. The van der Waals surface area contributed by atoms with Crippen molar-refractivity contribution in [1.82, 2.24) is 4.90 Å². The summed E-state index contributed by atoms with van der Waals surface area (Å²) in [6, 6.07) is 4.09. The summed E-state index contributed by atoms with van der Waals surface area (Å²) in [4.78, 5) is 13.6. The molecule has 0 saturated heterocycles. The summed E-state index contributed by atoms with van der Waals surface area (Å²) >= 11 is 11.5. The molecular weight excluding hydrogens is 276 g/mol. The van der Waals surface area contributed by atoms with E-state index in [1.165, 1.54) is 12.1 Å². The van der Waals surface area contributed by atoms with Crippen LogP contribution in [0.5, 0.6) is 0 Å². The Hall–Kier alpha value is -0.800. The molecule has 0 radical (unpaired) electrons. The predicted octanol–water partition coefficient (Wildman–Crippen LogP) is 3.57. The molecule has 2 nitrogen and oxygen atoms in total. The Morgan fingerprint density at radius 1 is 1.50 bits per heavy atom. The molecule has 0 bridgehead atoms. The van der Waals surface area contributed by atoms with Gasteiger partial charge in [-0.15, -0.1) is 11.6 Å². The van der Waals surface area contributed by atoms with Gasteiger partial charge in [-0.05, 0) is 37.0 Å². The Morgan fingerprint density at radius 3 is 2.72 bits per heavy atom. The van der Waals surface area contributed by atoms with Crippen LogP contribution >= 0.6 is 23.2 Å². The molecule has 1 fully saturated rings. The van der Waals surface area contributed by atoms with Crippen LogP contribution in [0, 0.1) is 11.7 Å². The van der Waals surface area contributed by atoms with Crippen LogP contribution in [-0.4, -0.2) is 29.8 Å². The van der Waals surface area contributed by atoms with Crippen LogP contribution in [-0.2, 0) is 0 Å². The van der Waals surface area contributed by atoms with Crippen molar-refractivity contribution < 1.29 is 9.18 Å². The maximum atomic E-state index is 13.6. The Bertz CT molecular complexity index is 460. The van der Waals surface area contributed by atoms with E-state index in [0.29, 0.717) is 12.5 Å². The zero-order valence-electron chi connectivity index (χ0n) is 10.00. The monoisotopic (exact) mass is 289 g/mol. The minimum Gasteiger partial charge on any atom is -0.341 e. The fraction of sp³-hybridized carbons (Fsp3) is 0.462. The van der Waals surface area contributed by atoms with Crippen LogP contribution < -0.4 is 0 Å². The van der Waals surface area contributed by atoms with E-state index in [2.05, 4.69) is 0 Å². The van der Waals surface area contributed by atoms with Crippen molar-refractivity contribution in [3.8, 4) is 0 Å². The second kappa shape index (κ2) is 5.45. The molecule has 1 aliphatic rings. The number of amides is 1. The second-order valence-electron chi connectivity index (χ2n) is 4.74. The van der Waals surface area contributed by atoms with Gasteiger partial charge in [-0.2, -0.15) is 0 Å². The van der Waals surface area contributed by atoms with E-state index in [4.69, 9.17) is 23.2 Å². The highest BCUT2D eigenvalue weighted by Gasteiger charge is 2.29. The zero-order chi connectivity index (χ0) is 13.3. The smallest absolute Gasteiger partial charge is 0.256 e. The number of rotatable bonds is 3. The minimum absolute atomic E-state index is 0.0589. The highest BCUT2D eigenvalue weighted by molar-refractivity contribution is 6.30. The molecule has 0 spiro atoms. The summed E-state index contributed by atoms with van der Waals surface area (Å²) < 4.78 is 13.6. The summed E-state index contributed by atoms with van der Waals surface area (Å²) in [6.07, 6.45) is 1.84. The van der Waals surface area contributed by atoms with Gasteiger partial charge >= 0.3 is 0 Å². The average Bonchev–Trinajstić information content (AvgIpc) is 2.26. The van der Waals surface area contributed by atoms with Crippen LogP contribution in [0.2, 0.25) is 5.02 Å². The lowest BCUT2D eigenvalue weighted by molar-refractivity contribution is 0.0742. The molecule has 1 amide bonds. The molecule has 5 heteroatoms. The van der Waals surface area contributed by atoms with Gasteiger partial charge in [0, 0.05) is 24.0 Å². The van der Waals surface area contributed by atoms with Gasteiger partial charge in [0.15, 0.2) is 0 Å². The topological polar surface area (TPSA) is 20.3 Å². The minimum atomic E-state index is -0.580. The fourth-order valence-corrected chi connectivity index (χ4v) is 2.80. The van der Waals surface area contributed by atoms with Crippen molar-refractivity contribution in [3.05, 3.63) is 34.6 Å². The molecule has 1 saturated carbocycles. The van der Waals surface area contributed by atoms with Crippen molar-refractivity contribution in [1.29, 1.82) is 0 Å². The average molecular weight is 290 g/mol. The predicted molar refractivity (Wildman–Crippen MR) is 70.7 cm³/mol.